The number of rotatable bonds is 4. The highest BCUT2D eigenvalue weighted by molar-refractivity contribution is 4.90. The van der Waals surface area contributed by atoms with Crippen LogP contribution in [0, 0.1) is 5.41 Å². The van der Waals surface area contributed by atoms with Gasteiger partial charge in [-0.15, -0.1) is 0 Å². The number of likely N-dealkylation sites (tertiary alicyclic amines) is 1. The lowest BCUT2D eigenvalue weighted by molar-refractivity contribution is -0.0271. The van der Waals surface area contributed by atoms with Gasteiger partial charge in [-0.05, 0) is 52.1 Å². The Morgan fingerprint density at radius 3 is 2.65 bits per heavy atom. The molecule has 0 bridgehead atoms. The Hall–Kier alpha value is -0.120. The number of hydrogen-bond donors (Lipinski definition) is 1. The second kappa shape index (κ2) is 4.87. The van der Waals surface area contributed by atoms with Gasteiger partial charge in [0, 0.05) is 19.6 Å². The van der Waals surface area contributed by atoms with Crippen molar-refractivity contribution in [2.45, 2.75) is 51.7 Å². The van der Waals surface area contributed by atoms with E-state index >= 15 is 0 Å². The minimum Gasteiger partial charge on any atom is -0.371 e. The van der Waals surface area contributed by atoms with Crippen LogP contribution in [-0.2, 0) is 4.74 Å². The molecule has 0 amide bonds. The molecule has 100 valence electrons. The van der Waals surface area contributed by atoms with E-state index in [2.05, 4.69) is 38.0 Å². The fraction of sp³-hybridized carbons (Fsp3) is 1.00. The van der Waals surface area contributed by atoms with Crippen LogP contribution >= 0.6 is 0 Å². The van der Waals surface area contributed by atoms with Gasteiger partial charge in [-0.1, -0.05) is 6.92 Å². The van der Waals surface area contributed by atoms with Crippen molar-refractivity contribution in [3.63, 3.8) is 0 Å². The van der Waals surface area contributed by atoms with Crippen molar-refractivity contribution in [1.82, 2.24) is 10.2 Å². The topological polar surface area (TPSA) is 24.5 Å². The first kappa shape index (κ1) is 13.3. The van der Waals surface area contributed by atoms with Crippen molar-refractivity contribution in [3.05, 3.63) is 0 Å². The Labute approximate surface area is 106 Å². The largest absolute Gasteiger partial charge is 0.371 e. The summed E-state index contributed by atoms with van der Waals surface area (Å²) < 4.78 is 6.08. The van der Waals surface area contributed by atoms with Gasteiger partial charge in [0.1, 0.15) is 0 Å². The predicted molar refractivity (Wildman–Crippen MR) is 71.3 cm³/mol. The van der Waals surface area contributed by atoms with Crippen LogP contribution in [0.15, 0.2) is 0 Å². The summed E-state index contributed by atoms with van der Waals surface area (Å²) in [6, 6.07) is 0. The zero-order chi connectivity index (χ0) is 12.5. The Bertz CT molecular complexity index is 267. The van der Waals surface area contributed by atoms with Crippen LogP contribution in [-0.4, -0.2) is 49.8 Å². The first-order chi connectivity index (χ1) is 7.92. The van der Waals surface area contributed by atoms with Crippen LogP contribution in [0.2, 0.25) is 0 Å². The summed E-state index contributed by atoms with van der Waals surface area (Å²) >= 11 is 0. The minimum absolute atomic E-state index is 0.110. The molecular formula is C14H28N2O. The summed E-state index contributed by atoms with van der Waals surface area (Å²) in [5.74, 6) is 0. The molecule has 2 saturated heterocycles. The highest BCUT2D eigenvalue weighted by Crippen LogP contribution is 2.33. The van der Waals surface area contributed by atoms with E-state index in [4.69, 9.17) is 4.74 Å². The minimum atomic E-state index is 0.110. The molecular weight excluding hydrogens is 212 g/mol. The van der Waals surface area contributed by atoms with Crippen molar-refractivity contribution < 1.29 is 4.74 Å². The second-order valence-corrected chi connectivity index (χ2v) is 6.86. The van der Waals surface area contributed by atoms with E-state index in [1.807, 2.05) is 0 Å². The van der Waals surface area contributed by atoms with Gasteiger partial charge in [0.15, 0.2) is 0 Å². The van der Waals surface area contributed by atoms with Crippen LogP contribution in [0.3, 0.4) is 0 Å². The molecule has 0 aromatic rings. The lowest BCUT2D eigenvalue weighted by Crippen LogP contribution is -2.36. The van der Waals surface area contributed by atoms with Crippen LogP contribution in [0.5, 0.6) is 0 Å². The molecule has 3 heteroatoms. The van der Waals surface area contributed by atoms with Crippen molar-refractivity contribution in [2.24, 2.45) is 5.41 Å². The molecule has 2 heterocycles. The van der Waals surface area contributed by atoms with Crippen LogP contribution in [0.4, 0.5) is 0 Å². The van der Waals surface area contributed by atoms with E-state index in [0.29, 0.717) is 11.5 Å². The number of ether oxygens (including phenoxy) is 1. The van der Waals surface area contributed by atoms with E-state index in [1.165, 1.54) is 32.4 Å². The Kier molecular flexibility index (Phi) is 3.81. The summed E-state index contributed by atoms with van der Waals surface area (Å²) in [5.41, 5.74) is 0.571. The van der Waals surface area contributed by atoms with E-state index in [-0.39, 0.29) is 5.60 Å². The average molecular weight is 240 g/mol. The zero-order valence-corrected chi connectivity index (χ0v) is 11.9. The van der Waals surface area contributed by atoms with Gasteiger partial charge in [-0.2, -0.15) is 0 Å². The molecule has 0 aromatic carbocycles. The van der Waals surface area contributed by atoms with Gasteiger partial charge in [0.05, 0.1) is 11.7 Å². The highest BCUT2D eigenvalue weighted by atomic mass is 16.5. The Balaban J connectivity index is 1.79. The maximum absolute atomic E-state index is 6.08. The molecule has 2 aliphatic heterocycles. The van der Waals surface area contributed by atoms with Gasteiger partial charge < -0.3 is 15.0 Å². The molecule has 2 unspecified atom stereocenters. The maximum Gasteiger partial charge on any atom is 0.0710 e. The molecule has 2 rings (SSSR count). The lowest BCUT2D eigenvalue weighted by Gasteiger charge is -2.26. The van der Waals surface area contributed by atoms with E-state index in [1.54, 1.807) is 0 Å². The van der Waals surface area contributed by atoms with Gasteiger partial charge >= 0.3 is 0 Å². The second-order valence-electron chi connectivity index (χ2n) is 6.86. The zero-order valence-electron chi connectivity index (χ0n) is 11.9. The van der Waals surface area contributed by atoms with Gasteiger partial charge in [0.25, 0.3) is 0 Å². The SMILES string of the molecule is CNCC1(C)CCN(CC2CCC(C)(C)O2)C1. The summed E-state index contributed by atoms with van der Waals surface area (Å²) in [6.45, 7) is 11.5. The molecule has 17 heavy (non-hydrogen) atoms. The fourth-order valence-electron chi connectivity index (χ4n) is 3.35. The Morgan fingerprint density at radius 1 is 1.29 bits per heavy atom. The summed E-state index contributed by atoms with van der Waals surface area (Å²) in [5, 5.41) is 3.32. The van der Waals surface area contributed by atoms with E-state index in [0.717, 1.165) is 13.1 Å². The normalized spacial score (nSPS) is 37.8. The standard InChI is InChI=1S/C14H28N2O/c1-13(2)6-5-12(17-13)9-16-8-7-14(3,11-16)10-15-4/h12,15H,5-11H2,1-4H3. The summed E-state index contributed by atoms with van der Waals surface area (Å²) in [4.78, 5) is 2.59. The van der Waals surface area contributed by atoms with Gasteiger partial charge in [0.2, 0.25) is 0 Å². The van der Waals surface area contributed by atoms with Crippen LogP contribution in [0.25, 0.3) is 0 Å². The van der Waals surface area contributed by atoms with E-state index < -0.39 is 0 Å². The number of hydrogen-bond acceptors (Lipinski definition) is 3. The van der Waals surface area contributed by atoms with Crippen LogP contribution < -0.4 is 5.32 Å². The molecule has 0 aliphatic carbocycles. The molecule has 3 nitrogen and oxygen atoms in total. The molecule has 2 fully saturated rings. The van der Waals surface area contributed by atoms with Crippen molar-refractivity contribution in [2.75, 3.05) is 33.2 Å². The average Bonchev–Trinajstić information content (AvgIpc) is 2.72. The quantitative estimate of drug-likeness (QED) is 0.812. The molecule has 2 aliphatic rings. The predicted octanol–water partition coefficient (Wildman–Crippen LogP) is 1.88. The van der Waals surface area contributed by atoms with Crippen molar-refractivity contribution in [3.8, 4) is 0 Å². The van der Waals surface area contributed by atoms with E-state index in [9.17, 15) is 0 Å². The van der Waals surface area contributed by atoms with Crippen molar-refractivity contribution >= 4 is 0 Å². The van der Waals surface area contributed by atoms with Crippen LogP contribution in [0.1, 0.15) is 40.0 Å². The maximum atomic E-state index is 6.08. The smallest absolute Gasteiger partial charge is 0.0710 e. The highest BCUT2D eigenvalue weighted by Gasteiger charge is 2.37. The molecule has 2 atom stereocenters. The monoisotopic (exact) mass is 240 g/mol. The first-order valence-electron chi connectivity index (χ1n) is 6.97. The molecule has 0 radical (unpaired) electrons. The number of nitrogens with one attached hydrogen (secondary N) is 1. The Morgan fingerprint density at radius 2 is 2.06 bits per heavy atom. The third-order valence-corrected chi connectivity index (χ3v) is 4.26. The summed E-state index contributed by atoms with van der Waals surface area (Å²) in [7, 11) is 2.05. The lowest BCUT2D eigenvalue weighted by atomic mass is 9.90. The summed E-state index contributed by atoms with van der Waals surface area (Å²) in [6.07, 6.45) is 4.21. The number of nitrogens with zero attached hydrogens (tertiary/aromatic N) is 1. The fourth-order valence-corrected chi connectivity index (χ4v) is 3.35. The molecule has 0 spiro atoms. The molecule has 1 N–H and O–H groups in total. The van der Waals surface area contributed by atoms with Crippen molar-refractivity contribution in [1.29, 1.82) is 0 Å². The van der Waals surface area contributed by atoms with Gasteiger partial charge in [-0.25, -0.2) is 0 Å². The first-order valence-corrected chi connectivity index (χ1v) is 6.97. The third kappa shape index (κ3) is 3.43. The molecule has 0 aromatic heterocycles. The third-order valence-electron chi connectivity index (χ3n) is 4.26. The van der Waals surface area contributed by atoms with Gasteiger partial charge in [-0.3, -0.25) is 0 Å². The molecule has 0 saturated carbocycles.